The van der Waals surface area contributed by atoms with Crippen molar-refractivity contribution in [2.75, 3.05) is 29.5 Å². The van der Waals surface area contributed by atoms with E-state index in [1.807, 2.05) is 24.3 Å². The van der Waals surface area contributed by atoms with Gasteiger partial charge in [0, 0.05) is 35.9 Å². The summed E-state index contributed by atoms with van der Waals surface area (Å²) in [7, 11) is -7.74. The van der Waals surface area contributed by atoms with Gasteiger partial charge in [-0.2, -0.15) is 31.2 Å². The fourth-order valence-electron chi connectivity index (χ4n) is 6.11. The van der Waals surface area contributed by atoms with Gasteiger partial charge in [-0.3, -0.25) is 4.55 Å². The first kappa shape index (κ1) is 35.5. The van der Waals surface area contributed by atoms with Crippen molar-refractivity contribution in [3.05, 3.63) is 94.5 Å². The van der Waals surface area contributed by atoms with Crippen molar-refractivity contribution in [3.63, 3.8) is 0 Å². The molecular formula is C36H40N3O6S4+. The highest BCUT2D eigenvalue weighted by Crippen LogP contribution is 2.50. The van der Waals surface area contributed by atoms with Gasteiger partial charge < -0.3 is 4.90 Å². The summed E-state index contributed by atoms with van der Waals surface area (Å²) >= 11 is 3.38. The Labute approximate surface area is 296 Å². The van der Waals surface area contributed by atoms with Crippen molar-refractivity contribution in [2.24, 2.45) is 0 Å². The smallest absolute Gasteiger partial charge is 0.283 e. The lowest BCUT2D eigenvalue weighted by Crippen LogP contribution is -2.36. The molecule has 49 heavy (non-hydrogen) atoms. The first-order valence-corrected chi connectivity index (χ1v) is 21.2. The Kier molecular flexibility index (Phi) is 11.1. The number of rotatable bonds is 15. The summed E-state index contributed by atoms with van der Waals surface area (Å²) in [6, 6.07) is 25.0. The highest BCUT2D eigenvalue weighted by molar-refractivity contribution is 8.03. The van der Waals surface area contributed by atoms with Crippen LogP contribution >= 0.6 is 23.1 Å². The molecule has 1 aromatic heterocycles. The van der Waals surface area contributed by atoms with E-state index in [1.54, 1.807) is 30.0 Å². The van der Waals surface area contributed by atoms with Gasteiger partial charge in [0.1, 0.15) is 4.70 Å². The van der Waals surface area contributed by atoms with E-state index in [0.29, 0.717) is 32.5 Å². The lowest BCUT2D eigenvalue weighted by molar-refractivity contribution is -0.667. The standard InChI is InChI=1S/C36H39N3O6S4/c1-3-26(25-34-39(21-11-22-48(40,41)42)36-30-15-8-6-13-28(30)17-19-32(36)47-34)24-33-38(20-9-10-23-49(43,44)45-37-4-2)35-29-14-7-5-12-27(29)16-18-31(35)46-33/h5-8,12-19,24-25,37H,3-4,9-11,20-23H2,1-2H3/p+1. The normalized spacial score (nSPS) is 14.9. The Balaban J connectivity index is 1.37. The second-order valence-corrected chi connectivity index (χ2v) is 17.2. The number of anilines is 1. The molecular weight excluding hydrogens is 699 g/mol. The van der Waals surface area contributed by atoms with E-state index in [4.69, 9.17) is 4.28 Å². The van der Waals surface area contributed by atoms with Gasteiger partial charge in [-0.25, -0.2) is 0 Å². The molecule has 6 rings (SSSR count). The monoisotopic (exact) mass is 738 g/mol. The van der Waals surface area contributed by atoms with E-state index in [9.17, 15) is 21.4 Å². The van der Waals surface area contributed by atoms with Crippen LogP contribution in [0.1, 0.15) is 44.5 Å². The Bertz CT molecular complexity index is 2280. The van der Waals surface area contributed by atoms with Crippen LogP contribution < -0.4 is 14.9 Å². The zero-order valence-corrected chi connectivity index (χ0v) is 30.7. The third-order valence-corrected chi connectivity index (χ3v) is 12.6. The Morgan fingerprint density at radius 1 is 0.898 bits per heavy atom. The number of fused-ring (bicyclic) bond motifs is 6. The molecule has 0 fully saturated rings. The minimum Gasteiger partial charge on any atom is -0.335 e. The maximum atomic E-state index is 12.3. The number of allylic oxidation sites excluding steroid dienone is 2. The number of aromatic nitrogens is 1. The lowest BCUT2D eigenvalue weighted by Gasteiger charge is -2.22. The molecule has 0 atom stereocenters. The number of hydroxylamine groups is 1. The highest BCUT2D eigenvalue weighted by Gasteiger charge is 2.28. The van der Waals surface area contributed by atoms with Crippen LogP contribution in [0.4, 0.5) is 5.69 Å². The van der Waals surface area contributed by atoms with Crippen LogP contribution in [0.15, 0.2) is 94.4 Å². The van der Waals surface area contributed by atoms with E-state index < -0.39 is 20.2 Å². The lowest BCUT2D eigenvalue weighted by atomic mass is 10.1. The first-order valence-electron chi connectivity index (χ1n) is 16.4. The highest BCUT2D eigenvalue weighted by atomic mass is 32.2. The van der Waals surface area contributed by atoms with Crippen LogP contribution in [-0.4, -0.2) is 46.0 Å². The predicted molar refractivity (Wildman–Crippen MR) is 202 cm³/mol. The Morgan fingerprint density at radius 3 is 2.35 bits per heavy atom. The molecule has 0 amide bonds. The third-order valence-electron chi connectivity index (χ3n) is 8.39. The van der Waals surface area contributed by atoms with Gasteiger partial charge in [0.2, 0.25) is 5.52 Å². The van der Waals surface area contributed by atoms with Gasteiger partial charge in [-0.1, -0.05) is 91.5 Å². The number of hydrogen-bond acceptors (Lipinski definition) is 9. The molecule has 0 saturated heterocycles. The van der Waals surface area contributed by atoms with Crippen LogP contribution in [0.25, 0.3) is 37.8 Å². The molecule has 0 saturated carbocycles. The van der Waals surface area contributed by atoms with Crippen molar-refractivity contribution in [1.29, 1.82) is 0 Å². The molecule has 2 heterocycles. The van der Waals surface area contributed by atoms with E-state index in [1.165, 1.54) is 0 Å². The largest absolute Gasteiger partial charge is 0.335 e. The molecule has 4 aromatic carbocycles. The molecule has 5 aromatic rings. The fraction of sp³-hybridized carbons (Fsp3) is 0.306. The van der Waals surface area contributed by atoms with Gasteiger partial charge >= 0.3 is 0 Å². The average Bonchev–Trinajstić information content (AvgIpc) is 3.62. The Morgan fingerprint density at radius 2 is 1.61 bits per heavy atom. The van der Waals surface area contributed by atoms with Gasteiger partial charge in [-0.05, 0) is 59.9 Å². The molecule has 9 nitrogen and oxygen atoms in total. The predicted octanol–water partition coefficient (Wildman–Crippen LogP) is 7.67. The zero-order valence-electron chi connectivity index (χ0n) is 27.5. The van der Waals surface area contributed by atoms with E-state index in [-0.39, 0.29) is 17.9 Å². The summed E-state index contributed by atoms with van der Waals surface area (Å²) in [6.07, 6.45) is 6.55. The van der Waals surface area contributed by atoms with E-state index >= 15 is 0 Å². The van der Waals surface area contributed by atoms with Crippen molar-refractivity contribution in [2.45, 2.75) is 51.0 Å². The zero-order chi connectivity index (χ0) is 34.6. The van der Waals surface area contributed by atoms with Crippen LogP contribution in [-0.2, 0) is 31.1 Å². The second kappa shape index (κ2) is 15.3. The third kappa shape index (κ3) is 8.37. The summed E-state index contributed by atoms with van der Waals surface area (Å²) in [6.45, 7) is 5.37. The number of nitrogens with zero attached hydrogens (tertiary/aromatic N) is 2. The summed E-state index contributed by atoms with van der Waals surface area (Å²) in [4.78, 5) is 3.46. The fourth-order valence-corrected chi connectivity index (χ4v) is 9.91. The second-order valence-electron chi connectivity index (χ2n) is 11.9. The summed E-state index contributed by atoms with van der Waals surface area (Å²) in [5.41, 5.74) is 5.73. The number of benzene rings is 4. The van der Waals surface area contributed by atoms with E-state index in [2.05, 4.69) is 82.6 Å². The maximum Gasteiger partial charge on any atom is 0.283 e. The van der Waals surface area contributed by atoms with E-state index in [0.717, 1.165) is 64.4 Å². The number of unbranched alkanes of at least 4 members (excludes halogenated alkanes) is 1. The van der Waals surface area contributed by atoms with Crippen LogP contribution in [0.2, 0.25) is 0 Å². The molecule has 0 unspecified atom stereocenters. The van der Waals surface area contributed by atoms with Gasteiger partial charge in [0.15, 0.2) is 6.54 Å². The van der Waals surface area contributed by atoms with Crippen LogP contribution in [0.5, 0.6) is 0 Å². The van der Waals surface area contributed by atoms with Crippen LogP contribution in [0, 0.1) is 0 Å². The molecule has 0 bridgehead atoms. The SMILES string of the molecule is CCNOS(=O)(=O)CCCCN1C(=CC(=Cc2sc3ccc4ccccc4c3[n+]2CCCS(=O)(=O)O)CC)Sc2ccc3ccccc3c21. The maximum absolute atomic E-state index is 12.3. The topological polar surface area (TPSA) is 117 Å². The summed E-state index contributed by atoms with van der Waals surface area (Å²) < 4.78 is 65.4. The van der Waals surface area contributed by atoms with Gasteiger partial charge in [-0.15, -0.1) is 0 Å². The van der Waals surface area contributed by atoms with Crippen molar-refractivity contribution in [3.8, 4) is 0 Å². The molecule has 0 radical (unpaired) electrons. The molecule has 1 aliphatic rings. The molecule has 13 heteroatoms. The van der Waals surface area contributed by atoms with Gasteiger partial charge in [0.25, 0.3) is 25.2 Å². The number of aryl methyl sites for hydroxylation is 1. The number of hydrogen-bond donors (Lipinski definition) is 2. The van der Waals surface area contributed by atoms with Crippen molar-refractivity contribution < 1.29 is 30.2 Å². The molecule has 258 valence electrons. The minimum absolute atomic E-state index is 0.0687. The first-order chi connectivity index (χ1) is 23.6. The number of nitrogens with one attached hydrogen (secondary N) is 1. The Hall–Kier alpha value is -3.30. The summed E-state index contributed by atoms with van der Waals surface area (Å²) in [5.74, 6) is -0.378. The molecule has 0 aliphatic carbocycles. The molecule has 2 N–H and O–H groups in total. The molecule has 1 aliphatic heterocycles. The summed E-state index contributed by atoms with van der Waals surface area (Å²) in [5, 5.41) is 6.55. The minimum atomic E-state index is -4.09. The van der Waals surface area contributed by atoms with Gasteiger partial charge in [0.05, 0.1) is 27.6 Å². The average molecular weight is 739 g/mol. The quantitative estimate of drug-likeness (QED) is 0.0483. The number of thioether (sulfide) groups is 1. The van der Waals surface area contributed by atoms with Crippen molar-refractivity contribution >= 4 is 86.9 Å². The number of thiazole rings is 1. The van der Waals surface area contributed by atoms with Crippen molar-refractivity contribution in [1.82, 2.24) is 5.48 Å². The molecule has 0 spiro atoms. The van der Waals surface area contributed by atoms with Crippen LogP contribution in [0.3, 0.4) is 0 Å².